The minimum atomic E-state index is -1.37. The van der Waals surface area contributed by atoms with Crippen LogP contribution in [-0.4, -0.2) is 93.4 Å². The second-order valence-corrected chi connectivity index (χ2v) is 16.0. The zero-order chi connectivity index (χ0) is 37.9. The number of alkyl carbamates (subject to hydrolysis) is 1. The summed E-state index contributed by atoms with van der Waals surface area (Å²) in [6.45, 7) is 7.99. The Balaban J connectivity index is 1.34. The predicted molar refractivity (Wildman–Crippen MR) is 200 cm³/mol. The van der Waals surface area contributed by atoms with E-state index < -0.39 is 53.2 Å². The molecular formula is C38H50N6O8S. The second kappa shape index (κ2) is 15.7. The lowest BCUT2D eigenvalue weighted by molar-refractivity contribution is -0.146. The third kappa shape index (κ3) is 8.77. The molecule has 2 aliphatic heterocycles. The van der Waals surface area contributed by atoms with E-state index in [4.69, 9.17) is 19.2 Å². The lowest BCUT2D eigenvalue weighted by Gasteiger charge is -2.30. The Labute approximate surface area is 313 Å². The van der Waals surface area contributed by atoms with Crippen LogP contribution in [0.1, 0.15) is 85.5 Å². The monoisotopic (exact) mass is 750 g/mol. The van der Waals surface area contributed by atoms with Gasteiger partial charge < -0.3 is 40.2 Å². The molecule has 0 bridgehead atoms. The Hall–Kier alpha value is -4.66. The first-order chi connectivity index (χ1) is 25.3. The van der Waals surface area contributed by atoms with Gasteiger partial charge in [0, 0.05) is 35.9 Å². The molecule has 3 fully saturated rings. The molecule has 2 saturated heterocycles. The number of methoxy groups -OCH3 is 1. The minimum absolute atomic E-state index is 0.0312. The number of carboxylic acid groups (broad SMARTS) is 1. The molecule has 0 spiro atoms. The van der Waals surface area contributed by atoms with Crippen molar-refractivity contribution in [1.29, 1.82) is 0 Å². The number of pyridine rings is 1. The summed E-state index contributed by atoms with van der Waals surface area (Å²) in [4.78, 5) is 65.1. The minimum Gasteiger partial charge on any atom is -0.497 e. The number of fused-ring (bicyclic) bond motifs is 3. The summed E-state index contributed by atoms with van der Waals surface area (Å²) in [6.07, 6.45) is 4.35. The molecule has 3 amide bonds. The Morgan fingerprint density at radius 1 is 1.08 bits per heavy atom. The van der Waals surface area contributed by atoms with Gasteiger partial charge in [-0.05, 0) is 65.0 Å². The number of carboxylic acids is 1. The standard InChI is InChI=1S/C38H50N6O8S/c1-6-39-35-41-29(21-53-35)28-18-31(25-15-14-23(50-5)16-27(25)40-28)51-24-17-30-32(45)43-38(34(47)48)19-22(38)12-10-8-7-9-11-13-26(33(46)44(30)20-24)42-36(49)52-37(2,3)4/h14-16,18,21-22,24,26,30H,6-13,17,19-20H2,1-5H3,(H,39,41)(H,42,49)(H,43,45)(H,47,48)/t22?,24-,26+,30?,38-/m1/s1. The van der Waals surface area contributed by atoms with Crippen molar-refractivity contribution < 1.29 is 38.5 Å². The number of carbonyl (C=O) groups excluding carboxylic acids is 3. The number of anilines is 1. The second-order valence-electron chi connectivity index (χ2n) is 15.1. The summed E-state index contributed by atoms with van der Waals surface area (Å²) in [5, 5.41) is 22.5. The molecule has 1 aromatic carbocycles. The zero-order valence-electron chi connectivity index (χ0n) is 31.0. The number of aromatic nitrogens is 2. The molecule has 286 valence electrons. The van der Waals surface area contributed by atoms with Crippen molar-refractivity contribution in [2.45, 2.75) is 115 Å². The summed E-state index contributed by atoms with van der Waals surface area (Å²) in [6, 6.07) is 5.28. The summed E-state index contributed by atoms with van der Waals surface area (Å²) in [5.74, 6) is -1.15. The molecule has 0 radical (unpaired) electrons. The van der Waals surface area contributed by atoms with Gasteiger partial charge in [-0.15, -0.1) is 11.3 Å². The fraction of sp³-hybridized carbons (Fsp3) is 0.579. The highest BCUT2D eigenvalue weighted by molar-refractivity contribution is 7.14. The van der Waals surface area contributed by atoms with Crippen LogP contribution in [0.5, 0.6) is 11.5 Å². The zero-order valence-corrected chi connectivity index (χ0v) is 31.8. The van der Waals surface area contributed by atoms with Crippen LogP contribution in [0.2, 0.25) is 0 Å². The maximum absolute atomic E-state index is 14.5. The lowest BCUT2D eigenvalue weighted by Crippen LogP contribution is -2.56. The molecule has 2 unspecified atom stereocenters. The molecular weight excluding hydrogens is 701 g/mol. The van der Waals surface area contributed by atoms with Gasteiger partial charge in [0.25, 0.3) is 0 Å². The molecule has 1 saturated carbocycles. The fourth-order valence-electron chi connectivity index (χ4n) is 7.34. The van der Waals surface area contributed by atoms with Crippen LogP contribution in [0.25, 0.3) is 22.3 Å². The van der Waals surface area contributed by atoms with Gasteiger partial charge in [0.05, 0.1) is 24.9 Å². The highest BCUT2D eigenvalue weighted by Crippen LogP contribution is 2.47. The molecule has 14 nitrogen and oxygen atoms in total. The van der Waals surface area contributed by atoms with Crippen molar-refractivity contribution in [2.24, 2.45) is 5.92 Å². The maximum atomic E-state index is 14.5. The molecule has 4 heterocycles. The van der Waals surface area contributed by atoms with Crippen LogP contribution < -0.4 is 25.4 Å². The van der Waals surface area contributed by atoms with Gasteiger partial charge in [-0.1, -0.05) is 32.1 Å². The van der Waals surface area contributed by atoms with Gasteiger partial charge >= 0.3 is 12.1 Å². The number of rotatable bonds is 8. The van der Waals surface area contributed by atoms with Crippen LogP contribution in [0.15, 0.2) is 29.6 Å². The van der Waals surface area contributed by atoms with Gasteiger partial charge in [0.15, 0.2) is 5.13 Å². The number of nitrogens with one attached hydrogen (secondary N) is 3. The first kappa shape index (κ1) is 38.1. The first-order valence-electron chi connectivity index (χ1n) is 18.5. The van der Waals surface area contributed by atoms with E-state index in [1.54, 1.807) is 33.9 Å². The van der Waals surface area contributed by atoms with Crippen molar-refractivity contribution >= 4 is 51.2 Å². The van der Waals surface area contributed by atoms with Crippen LogP contribution in [0.3, 0.4) is 0 Å². The molecule has 3 aliphatic rings. The van der Waals surface area contributed by atoms with Gasteiger partial charge in [-0.3, -0.25) is 9.59 Å². The number of benzene rings is 1. The van der Waals surface area contributed by atoms with Crippen molar-refractivity contribution in [3.05, 3.63) is 29.6 Å². The van der Waals surface area contributed by atoms with E-state index in [2.05, 4.69) is 20.9 Å². The topological polar surface area (TPSA) is 181 Å². The van der Waals surface area contributed by atoms with E-state index in [9.17, 15) is 24.3 Å². The van der Waals surface area contributed by atoms with Crippen LogP contribution in [-0.2, 0) is 19.1 Å². The Morgan fingerprint density at radius 2 is 1.83 bits per heavy atom. The summed E-state index contributed by atoms with van der Waals surface area (Å²) < 4.78 is 17.7. The number of thiazole rings is 1. The van der Waals surface area contributed by atoms with Crippen LogP contribution >= 0.6 is 11.3 Å². The number of ether oxygens (including phenoxy) is 3. The highest BCUT2D eigenvalue weighted by atomic mass is 32.1. The average Bonchev–Trinajstić information content (AvgIpc) is 3.38. The van der Waals surface area contributed by atoms with Crippen molar-refractivity contribution in [3.8, 4) is 22.9 Å². The van der Waals surface area contributed by atoms with Gasteiger partial charge in [-0.2, -0.15) is 0 Å². The number of hydrogen-bond acceptors (Lipinski definition) is 11. The van der Waals surface area contributed by atoms with E-state index >= 15 is 0 Å². The van der Waals surface area contributed by atoms with Gasteiger partial charge in [0.2, 0.25) is 11.8 Å². The molecule has 53 heavy (non-hydrogen) atoms. The fourth-order valence-corrected chi connectivity index (χ4v) is 8.11. The molecule has 3 aromatic rings. The number of carbonyl (C=O) groups is 4. The van der Waals surface area contributed by atoms with Gasteiger partial charge in [-0.25, -0.2) is 19.6 Å². The number of amides is 3. The quantitative estimate of drug-likeness (QED) is 0.220. The molecule has 6 rings (SSSR count). The molecule has 1 aliphatic carbocycles. The summed E-state index contributed by atoms with van der Waals surface area (Å²) in [5.41, 5.74) is -0.304. The largest absolute Gasteiger partial charge is 0.497 e. The highest BCUT2D eigenvalue weighted by Gasteiger charge is 2.62. The number of hydrogen-bond donors (Lipinski definition) is 4. The Kier molecular flexibility index (Phi) is 11.3. The van der Waals surface area contributed by atoms with E-state index in [0.29, 0.717) is 59.5 Å². The first-order valence-corrected chi connectivity index (χ1v) is 19.4. The Bertz CT molecular complexity index is 1840. The molecule has 4 N–H and O–H groups in total. The third-order valence-electron chi connectivity index (χ3n) is 10.1. The molecule has 15 heteroatoms. The smallest absolute Gasteiger partial charge is 0.408 e. The average molecular weight is 751 g/mol. The van der Waals surface area contributed by atoms with Gasteiger partial charge in [0.1, 0.15) is 46.5 Å². The van der Waals surface area contributed by atoms with Crippen molar-refractivity contribution in [1.82, 2.24) is 25.5 Å². The van der Waals surface area contributed by atoms with E-state index in [1.165, 1.54) is 16.2 Å². The van der Waals surface area contributed by atoms with Crippen LogP contribution in [0.4, 0.5) is 9.93 Å². The molecule has 5 atom stereocenters. The number of nitrogens with zero attached hydrogens (tertiary/aromatic N) is 3. The SMILES string of the molecule is CCNc1nc(-c2cc(O[C@@H]3CC4C(=O)N[C@]5(C(=O)O)CC5CCCCCCC[C@H](NC(=O)OC(C)(C)C)C(=O)N4C3)c3ccc(OC)cc3n2)cs1. The third-order valence-corrected chi connectivity index (χ3v) is 10.9. The van der Waals surface area contributed by atoms with Crippen molar-refractivity contribution in [3.63, 3.8) is 0 Å². The summed E-state index contributed by atoms with van der Waals surface area (Å²) in [7, 11) is 1.58. The predicted octanol–water partition coefficient (Wildman–Crippen LogP) is 5.74. The van der Waals surface area contributed by atoms with Crippen LogP contribution in [0, 0.1) is 5.92 Å². The summed E-state index contributed by atoms with van der Waals surface area (Å²) >= 11 is 1.46. The van der Waals surface area contributed by atoms with E-state index in [1.807, 2.05) is 30.5 Å². The van der Waals surface area contributed by atoms with E-state index in [-0.39, 0.29) is 18.9 Å². The van der Waals surface area contributed by atoms with Crippen molar-refractivity contribution in [2.75, 3.05) is 25.5 Å². The van der Waals surface area contributed by atoms with E-state index in [0.717, 1.165) is 37.4 Å². The lowest BCUT2D eigenvalue weighted by atomic mass is 10.0. The normalized spacial score (nSPS) is 25.3. The number of aliphatic carboxylic acids is 1. The molecule has 2 aromatic heterocycles. The maximum Gasteiger partial charge on any atom is 0.408 e. The Morgan fingerprint density at radius 3 is 2.55 bits per heavy atom.